The van der Waals surface area contributed by atoms with Crippen LogP contribution >= 0.6 is 0 Å². The minimum atomic E-state index is -0.199. The predicted molar refractivity (Wildman–Crippen MR) is 88.7 cm³/mol. The van der Waals surface area contributed by atoms with Crippen LogP contribution in [0, 0.1) is 5.82 Å². The Labute approximate surface area is 129 Å². The van der Waals surface area contributed by atoms with Crippen molar-refractivity contribution in [2.24, 2.45) is 0 Å². The molecule has 0 saturated carbocycles. The largest absolute Gasteiger partial charge is 0.321 e. The van der Waals surface area contributed by atoms with Gasteiger partial charge in [-0.25, -0.2) is 9.82 Å². The van der Waals surface area contributed by atoms with Crippen molar-refractivity contribution >= 4 is 5.69 Å². The summed E-state index contributed by atoms with van der Waals surface area (Å²) in [5.74, 6) is -0.199. The second-order valence-corrected chi connectivity index (χ2v) is 5.02. The fourth-order valence-electron chi connectivity index (χ4n) is 2.31. The Bertz CT molecular complexity index is 741. The lowest BCUT2D eigenvalue weighted by atomic mass is 10.0. The molecule has 22 heavy (non-hydrogen) atoms. The monoisotopic (exact) mass is 292 g/mol. The number of anilines is 1. The van der Waals surface area contributed by atoms with Crippen LogP contribution in [0.15, 0.2) is 78.9 Å². The van der Waals surface area contributed by atoms with Gasteiger partial charge in [0, 0.05) is 17.8 Å². The first-order valence-electron chi connectivity index (χ1n) is 7.21. The molecule has 2 nitrogen and oxygen atoms in total. The lowest BCUT2D eigenvalue weighted by Gasteiger charge is -2.10. The van der Waals surface area contributed by atoms with Crippen molar-refractivity contribution in [3.63, 3.8) is 0 Å². The maximum absolute atomic E-state index is 13.9. The molecule has 3 rings (SSSR count). The molecule has 0 saturated heterocycles. The first-order chi connectivity index (χ1) is 10.8. The molecule has 0 heterocycles. The highest BCUT2D eigenvalue weighted by Gasteiger charge is 2.04. The van der Waals surface area contributed by atoms with Gasteiger partial charge in [-0.15, -0.1) is 0 Å². The standard InChI is InChI=1S/C19H17FN2/c20-19-12-5-4-11-18(19)16-8-6-7-15(13-16)14-21-22-17-9-2-1-3-10-17/h1-13,21-22H,14H2. The van der Waals surface area contributed by atoms with E-state index < -0.39 is 0 Å². The molecule has 0 fully saturated rings. The zero-order valence-electron chi connectivity index (χ0n) is 12.1. The normalized spacial score (nSPS) is 10.4. The SMILES string of the molecule is Fc1ccccc1-c1cccc(CNNc2ccccc2)c1. The first-order valence-corrected chi connectivity index (χ1v) is 7.21. The van der Waals surface area contributed by atoms with Crippen LogP contribution in [0.1, 0.15) is 5.56 Å². The van der Waals surface area contributed by atoms with Crippen LogP contribution in [0.3, 0.4) is 0 Å². The minimum Gasteiger partial charge on any atom is -0.321 e. The molecule has 2 N–H and O–H groups in total. The van der Waals surface area contributed by atoms with Gasteiger partial charge in [-0.3, -0.25) is 0 Å². The Kier molecular flexibility index (Phi) is 4.47. The summed E-state index contributed by atoms with van der Waals surface area (Å²) in [6, 6.07) is 24.6. The molecule has 3 aromatic rings. The number of halogens is 1. The second-order valence-electron chi connectivity index (χ2n) is 5.02. The quantitative estimate of drug-likeness (QED) is 0.671. The summed E-state index contributed by atoms with van der Waals surface area (Å²) in [7, 11) is 0. The molecule has 3 heteroatoms. The van der Waals surface area contributed by atoms with Crippen LogP contribution in [0.4, 0.5) is 10.1 Å². The Hall–Kier alpha value is -2.65. The van der Waals surface area contributed by atoms with Crippen molar-refractivity contribution < 1.29 is 4.39 Å². The van der Waals surface area contributed by atoms with Gasteiger partial charge in [0.25, 0.3) is 0 Å². The van der Waals surface area contributed by atoms with Gasteiger partial charge < -0.3 is 5.43 Å². The molecule has 0 aromatic heterocycles. The Morgan fingerprint density at radius 3 is 2.36 bits per heavy atom. The molecule has 0 aliphatic rings. The van der Waals surface area contributed by atoms with Crippen molar-refractivity contribution in [1.82, 2.24) is 5.43 Å². The molecule has 0 aliphatic heterocycles. The summed E-state index contributed by atoms with van der Waals surface area (Å²) in [6.07, 6.45) is 0. The van der Waals surface area contributed by atoms with Crippen molar-refractivity contribution in [2.75, 3.05) is 5.43 Å². The van der Waals surface area contributed by atoms with E-state index in [4.69, 9.17) is 0 Å². The molecule has 0 spiro atoms. The molecule has 0 aliphatic carbocycles. The van der Waals surface area contributed by atoms with E-state index in [0.29, 0.717) is 12.1 Å². The summed E-state index contributed by atoms with van der Waals surface area (Å²) < 4.78 is 13.9. The lowest BCUT2D eigenvalue weighted by Crippen LogP contribution is -2.20. The molecule has 0 radical (unpaired) electrons. The number of para-hydroxylation sites is 1. The van der Waals surface area contributed by atoms with E-state index in [-0.39, 0.29) is 5.82 Å². The van der Waals surface area contributed by atoms with Crippen LogP contribution in [0.25, 0.3) is 11.1 Å². The van der Waals surface area contributed by atoms with Gasteiger partial charge >= 0.3 is 0 Å². The number of hydrogen-bond acceptors (Lipinski definition) is 2. The zero-order valence-corrected chi connectivity index (χ0v) is 12.1. The van der Waals surface area contributed by atoms with Crippen LogP contribution in [0.5, 0.6) is 0 Å². The summed E-state index contributed by atoms with van der Waals surface area (Å²) in [4.78, 5) is 0. The van der Waals surface area contributed by atoms with E-state index in [1.807, 2.05) is 60.7 Å². The third-order valence-corrected chi connectivity index (χ3v) is 3.41. The molecular weight excluding hydrogens is 275 g/mol. The maximum Gasteiger partial charge on any atom is 0.131 e. The van der Waals surface area contributed by atoms with Gasteiger partial charge in [-0.2, -0.15) is 0 Å². The fraction of sp³-hybridized carbons (Fsp3) is 0.0526. The highest BCUT2D eigenvalue weighted by molar-refractivity contribution is 5.64. The predicted octanol–water partition coefficient (Wildman–Crippen LogP) is 4.61. The molecule has 0 atom stereocenters. The number of nitrogens with one attached hydrogen (secondary N) is 2. The summed E-state index contributed by atoms with van der Waals surface area (Å²) in [5, 5.41) is 0. The summed E-state index contributed by atoms with van der Waals surface area (Å²) in [5.41, 5.74) is 9.91. The van der Waals surface area contributed by atoms with E-state index in [1.165, 1.54) is 6.07 Å². The van der Waals surface area contributed by atoms with Crippen LogP contribution in [0.2, 0.25) is 0 Å². The van der Waals surface area contributed by atoms with Crippen molar-refractivity contribution in [3.8, 4) is 11.1 Å². The summed E-state index contributed by atoms with van der Waals surface area (Å²) >= 11 is 0. The van der Waals surface area contributed by atoms with Gasteiger partial charge in [-0.05, 0) is 35.4 Å². The number of hydrogen-bond donors (Lipinski definition) is 2. The Balaban J connectivity index is 1.68. The van der Waals surface area contributed by atoms with Gasteiger partial charge in [0.2, 0.25) is 0 Å². The van der Waals surface area contributed by atoms with Gasteiger partial charge in [0.15, 0.2) is 0 Å². The number of hydrazine groups is 1. The fourth-order valence-corrected chi connectivity index (χ4v) is 2.31. The average molecular weight is 292 g/mol. The minimum absolute atomic E-state index is 0.199. The smallest absolute Gasteiger partial charge is 0.131 e. The maximum atomic E-state index is 13.9. The third-order valence-electron chi connectivity index (χ3n) is 3.41. The molecule has 0 bridgehead atoms. The zero-order chi connectivity index (χ0) is 15.2. The highest BCUT2D eigenvalue weighted by Crippen LogP contribution is 2.23. The van der Waals surface area contributed by atoms with Crippen molar-refractivity contribution in [1.29, 1.82) is 0 Å². The second kappa shape index (κ2) is 6.87. The van der Waals surface area contributed by atoms with Gasteiger partial charge in [0.05, 0.1) is 0 Å². The van der Waals surface area contributed by atoms with Crippen LogP contribution in [-0.2, 0) is 6.54 Å². The van der Waals surface area contributed by atoms with E-state index >= 15 is 0 Å². The van der Waals surface area contributed by atoms with Crippen LogP contribution < -0.4 is 10.9 Å². The molecule has 3 aromatic carbocycles. The van der Waals surface area contributed by atoms with Crippen molar-refractivity contribution in [3.05, 3.63) is 90.2 Å². The van der Waals surface area contributed by atoms with Gasteiger partial charge in [0.1, 0.15) is 5.82 Å². The first kappa shape index (κ1) is 14.3. The van der Waals surface area contributed by atoms with E-state index in [9.17, 15) is 4.39 Å². The lowest BCUT2D eigenvalue weighted by molar-refractivity contribution is 0.631. The summed E-state index contributed by atoms with van der Waals surface area (Å²) in [6.45, 7) is 0.650. The number of benzene rings is 3. The molecule has 0 amide bonds. The topological polar surface area (TPSA) is 24.1 Å². The Morgan fingerprint density at radius 2 is 1.55 bits per heavy atom. The van der Waals surface area contributed by atoms with Gasteiger partial charge in [-0.1, -0.05) is 54.6 Å². The van der Waals surface area contributed by atoms with E-state index in [0.717, 1.165) is 16.8 Å². The average Bonchev–Trinajstić information content (AvgIpc) is 2.57. The third kappa shape index (κ3) is 3.51. The molecule has 0 unspecified atom stereocenters. The Morgan fingerprint density at radius 1 is 0.773 bits per heavy atom. The van der Waals surface area contributed by atoms with E-state index in [1.54, 1.807) is 12.1 Å². The van der Waals surface area contributed by atoms with E-state index in [2.05, 4.69) is 10.9 Å². The molecular formula is C19H17FN2. The molecule has 110 valence electrons. The highest BCUT2D eigenvalue weighted by atomic mass is 19.1. The van der Waals surface area contributed by atoms with Crippen molar-refractivity contribution in [2.45, 2.75) is 6.54 Å². The van der Waals surface area contributed by atoms with Crippen LogP contribution in [-0.4, -0.2) is 0 Å². The number of rotatable bonds is 5.